The topological polar surface area (TPSA) is 44.8 Å². The molecule has 6 heteroatoms. The molecule has 0 amide bonds. The third-order valence-corrected chi connectivity index (χ3v) is 21.2. The standard InChI is InChI=1S/C28H50O4Si2/c1-16(2)33(17(3)4,18(5)6)31-25-15-26(32-34(19(7)8,20(9)10)21(11)12)27-24(29)14-22-13-23(25)28(27)30-22/h13,16-22,25,28H,14-15H2,1-12H3/t22-,25?,28+/m0/s1. The molecule has 2 bridgehead atoms. The van der Waals surface area contributed by atoms with Crippen LogP contribution in [0.3, 0.4) is 0 Å². The number of hydrogen-bond acceptors (Lipinski definition) is 4. The number of ether oxygens (including phenoxy) is 1. The SMILES string of the molecule is CC(C)[Si](OC1=C2C(=O)C[C@@H]3C=C(C(O[Si](C(C)C)(C(C)C)C(C)C)C1)[C@H]2O3)(C(C)C)C(C)C. The summed E-state index contributed by atoms with van der Waals surface area (Å²) in [5.74, 6) is 1.10. The Kier molecular flexibility index (Phi) is 8.19. The van der Waals surface area contributed by atoms with Gasteiger partial charge in [-0.1, -0.05) is 89.2 Å². The molecule has 0 radical (unpaired) electrons. The molecule has 1 saturated heterocycles. The van der Waals surface area contributed by atoms with Crippen molar-refractivity contribution < 1.29 is 18.4 Å². The highest BCUT2D eigenvalue weighted by molar-refractivity contribution is 6.78. The van der Waals surface area contributed by atoms with Crippen LogP contribution in [-0.2, 0) is 18.4 Å². The number of Topliss-reactive ketones (excluding diaryl/α,β-unsaturated/α-hetero) is 1. The summed E-state index contributed by atoms with van der Waals surface area (Å²) < 4.78 is 21.0. The van der Waals surface area contributed by atoms with Gasteiger partial charge in [0.15, 0.2) is 5.78 Å². The summed E-state index contributed by atoms with van der Waals surface area (Å²) in [5, 5.41) is 0. The van der Waals surface area contributed by atoms with Crippen molar-refractivity contribution in [1.82, 2.24) is 0 Å². The lowest BCUT2D eigenvalue weighted by Gasteiger charge is -2.48. The Labute approximate surface area is 211 Å². The Bertz CT molecular complexity index is 794. The first-order valence-electron chi connectivity index (χ1n) is 13.7. The van der Waals surface area contributed by atoms with Crippen LogP contribution in [0.4, 0.5) is 0 Å². The van der Waals surface area contributed by atoms with Gasteiger partial charge >= 0.3 is 0 Å². The summed E-state index contributed by atoms with van der Waals surface area (Å²) >= 11 is 0. The molecule has 3 atom stereocenters. The van der Waals surface area contributed by atoms with Gasteiger partial charge in [-0.25, -0.2) is 0 Å². The molecule has 34 heavy (non-hydrogen) atoms. The first-order chi connectivity index (χ1) is 15.7. The summed E-state index contributed by atoms with van der Waals surface area (Å²) in [7, 11) is -4.33. The monoisotopic (exact) mass is 506 g/mol. The third kappa shape index (κ3) is 4.35. The summed E-state index contributed by atoms with van der Waals surface area (Å²) in [4.78, 5) is 13.3. The zero-order valence-electron chi connectivity index (χ0n) is 23.8. The zero-order valence-corrected chi connectivity index (χ0v) is 25.8. The van der Waals surface area contributed by atoms with Crippen LogP contribution in [0.1, 0.15) is 95.9 Å². The molecule has 0 aromatic carbocycles. The van der Waals surface area contributed by atoms with Crippen LogP contribution >= 0.6 is 0 Å². The summed E-state index contributed by atoms with van der Waals surface area (Å²) in [6.07, 6.45) is 2.84. The van der Waals surface area contributed by atoms with Gasteiger partial charge in [-0.3, -0.25) is 4.79 Å². The fourth-order valence-corrected chi connectivity index (χ4v) is 18.6. The molecule has 0 aromatic rings. The van der Waals surface area contributed by atoms with Crippen molar-refractivity contribution in [3.05, 3.63) is 23.0 Å². The third-order valence-electron chi connectivity index (χ3n) is 9.04. The molecule has 0 saturated carbocycles. The summed E-state index contributed by atoms with van der Waals surface area (Å²) in [6, 6.07) is 0. The molecule has 3 rings (SSSR count). The smallest absolute Gasteiger partial charge is 0.258 e. The Morgan fingerprint density at radius 2 is 1.24 bits per heavy atom. The average Bonchev–Trinajstić information content (AvgIpc) is 3.07. The Hall–Kier alpha value is -0.696. The minimum absolute atomic E-state index is 0.0586. The number of carbonyl (C=O) groups excluding carboxylic acids is 1. The molecule has 2 aliphatic heterocycles. The van der Waals surface area contributed by atoms with Crippen LogP contribution in [0.5, 0.6) is 0 Å². The second-order valence-corrected chi connectivity index (χ2v) is 23.5. The molecule has 0 N–H and O–H groups in total. The zero-order chi connectivity index (χ0) is 25.7. The first-order valence-corrected chi connectivity index (χ1v) is 18.0. The predicted molar refractivity (Wildman–Crippen MR) is 146 cm³/mol. The van der Waals surface area contributed by atoms with Crippen LogP contribution in [0.2, 0.25) is 33.2 Å². The lowest BCUT2D eigenvalue weighted by atomic mass is 9.86. The number of carbonyl (C=O) groups is 1. The van der Waals surface area contributed by atoms with Gasteiger partial charge in [0.1, 0.15) is 6.10 Å². The Morgan fingerprint density at radius 3 is 1.68 bits per heavy atom. The van der Waals surface area contributed by atoms with Gasteiger partial charge in [-0.2, -0.15) is 0 Å². The van der Waals surface area contributed by atoms with E-state index < -0.39 is 16.6 Å². The maximum atomic E-state index is 13.3. The molecule has 1 aliphatic carbocycles. The van der Waals surface area contributed by atoms with Gasteiger partial charge < -0.3 is 13.6 Å². The average molecular weight is 507 g/mol. The number of hydrogen-bond donors (Lipinski definition) is 0. The molecule has 3 aliphatic rings. The fraction of sp³-hybridized carbons (Fsp3) is 0.821. The molecule has 0 aromatic heterocycles. The molecule has 2 heterocycles. The largest absolute Gasteiger partial charge is 0.545 e. The van der Waals surface area contributed by atoms with Crippen molar-refractivity contribution in [2.45, 2.75) is 147 Å². The van der Waals surface area contributed by atoms with Crippen molar-refractivity contribution in [2.24, 2.45) is 0 Å². The molecular formula is C28H50O4Si2. The van der Waals surface area contributed by atoms with E-state index in [9.17, 15) is 4.79 Å². The number of fused-ring (bicyclic) bond motifs is 1. The van der Waals surface area contributed by atoms with E-state index in [1.807, 2.05) is 0 Å². The Morgan fingerprint density at radius 1 is 0.765 bits per heavy atom. The van der Waals surface area contributed by atoms with Gasteiger partial charge in [0.05, 0.1) is 23.5 Å². The van der Waals surface area contributed by atoms with Crippen molar-refractivity contribution in [1.29, 1.82) is 0 Å². The van der Waals surface area contributed by atoms with Gasteiger partial charge in [-0.15, -0.1) is 0 Å². The van der Waals surface area contributed by atoms with Gasteiger partial charge in [0.2, 0.25) is 8.32 Å². The number of ketones is 1. The highest BCUT2D eigenvalue weighted by Gasteiger charge is 2.55. The maximum absolute atomic E-state index is 13.3. The van der Waals surface area contributed by atoms with E-state index in [1.165, 1.54) is 5.57 Å². The minimum atomic E-state index is -2.21. The predicted octanol–water partition coefficient (Wildman–Crippen LogP) is 8.06. The molecular weight excluding hydrogens is 456 g/mol. The second-order valence-electron chi connectivity index (χ2n) is 12.7. The van der Waals surface area contributed by atoms with Crippen LogP contribution in [-0.4, -0.2) is 40.7 Å². The van der Waals surface area contributed by atoms with E-state index in [0.717, 1.165) is 11.3 Å². The molecule has 4 nitrogen and oxygen atoms in total. The molecule has 0 spiro atoms. The van der Waals surface area contributed by atoms with Gasteiger partial charge in [0.25, 0.3) is 8.32 Å². The van der Waals surface area contributed by atoms with Crippen molar-refractivity contribution in [3.8, 4) is 0 Å². The van der Waals surface area contributed by atoms with Crippen LogP contribution in [0.15, 0.2) is 23.0 Å². The van der Waals surface area contributed by atoms with E-state index >= 15 is 0 Å². The molecule has 1 unspecified atom stereocenters. The van der Waals surface area contributed by atoms with Crippen molar-refractivity contribution in [2.75, 3.05) is 0 Å². The highest BCUT2D eigenvalue weighted by atomic mass is 28.4. The molecule has 194 valence electrons. The normalized spacial score (nSPS) is 25.6. The van der Waals surface area contributed by atoms with E-state index in [-0.39, 0.29) is 24.1 Å². The first kappa shape index (κ1) is 27.9. The van der Waals surface area contributed by atoms with Gasteiger partial charge in [0, 0.05) is 12.8 Å². The van der Waals surface area contributed by atoms with E-state index in [4.69, 9.17) is 13.6 Å². The van der Waals surface area contributed by atoms with Crippen LogP contribution in [0.25, 0.3) is 0 Å². The number of rotatable bonds is 10. The van der Waals surface area contributed by atoms with Crippen LogP contribution in [0, 0.1) is 0 Å². The van der Waals surface area contributed by atoms with E-state index in [0.29, 0.717) is 46.1 Å². The fourth-order valence-electron chi connectivity index (χ4n) is 7.78. The van der Waals surface area contributed by atoms with E-state index in [1.54, 1.807) is 0 Å². The lowest BCUT2D eigenvalue weighted by molar-refractivity contribution is -0.123. The second kappa shape index (κ2) is 9.99. The minimum Gasteiger partial charge on any atom is -0.545 e. The maximum Gasteiger partial charge on any atom is 0.258 e. The quantitative estimate of drug-likeness (QED) is 0.222. The lowest BCUT2D eigenvalue weighted by Crippen LogP contribution is -2.53. The summed E-state index contributed by atoms with van der Waals surface area (Å²) in [6.45, 7) is 27.8. The molecule has 1 fully saturated rings. The van der Waals surface area contributed by atoms with Crippen molar-refractivity contribution >= 4 is 22.4 Å². The van der Waals surface area contributed by atoms with Crippen molar-refractivity contribution in [3.63, 3.8) is 0 Å². The van der Waals surface area contributed by atoms with Gasteiger partial charge in [-0.05, 0) is 38.8 Å². The Balaban J connectivity index is 2.11. The highest BCUT2D eigenvalue weighted by Crippen LogP contribution is 2.51. The summed E-state index contributed by atoms with van der Waals surface area (Å²) in [5.41, 5.74) is 4.83. The van der Waals surface area contributed by atoms with E-state index in [2.05, 4.69) is 89.2 Å². The van der Waals surface area contributed by atoms with Crippen LogP contribution < -0.4 is 0 Å².